The number of benzene rings is 1. The average molecular weight is 282 g/mol. The zero-order valence-corrected chi connectivity index (χ0v) is 11.1. The number of aromatic nitrogens is 3. The minimum atomic E-state index is -0.506. The van der Waals surface area contributed by atoms with Crippen molar-refractivity contribution in [2.45, 2.75) is 13.0 Å². The molecule has 0 aliphatic rings. The molecule has 0 fully saturated rings. The van der Waals surface area contributed by atoms with Crippen molar-refractivity contribution < 1.29 is 4.92 Å². The third-order valence-corrected chi connectivity index (χ3v) is 2.98. The van der Waals surface area contributed by atoms with Gasteiger partial charge in [0, 0.05) is 7.05 Å². The number of anilines is 1. The molecular weight excluding hydrogens is 270 g/mol. The number of aryl methyl sites for hydroxylation is 1. The van der Waals surface area contributed by atoms with Crippen LogP contribution in [0.3, 0.4) is 0 Å². The molecule has 0 aliphatic carbocycles. The van der Waals surface area contributed by atoms with E-state index < -0.39 is 4.92 Å². The Hall–Kier alpha value is -2.15. The summed E-state index contributed by atoms with van der Waals surface area (Å²) in [6.45, 7) is 1.84. The lowest BCUT2D eigenvalue weighted by Crippen LogP contribution is -2.13. The smallest absolute Gasteiger partial charge is 0.310 e. The number of nitro benzene ring substituents is 1. The monoisotopic (exact) mass is 281 g/mol. The first-order valence-electron chi connectivity index (χ1n) is 5.54. The number of hydrogen-bond donors (Lipinski definition) is 1. The maximum absolute atomic E-state index is 11.0. The highest BCUT2D eigenvalue weighted by atomic mass is 35.5. The Morgan fingerprint density at radius 3 is 2.84 bits per heavy atom. The highest BCUT2D eigenvalue weighted by Crippen LogP contribution is 2.34. The molecule has 0 spiro atoms. The molecule has 0 bridgehead atoms. The van der Waals surface area contributed by atoms with E-state index in [0.29, 0.717) is 11.5 Å². The zero-order chi connectivity index (χ0) is 14.0. The highest BCUT2D eigenvalue weighted by Gasteiger charge is 2.21. The number of halogens is 1. The Labute approximate surface area is 114 Å². The summed E-state index contributed by atoms with van der Waals surface area (Å²) >= 11 is 5.85. The van der Waals surface area contributed by atoms with Crippen molar-refractivity contribution in [1.29, 1.82) is 0 Å². The van der Waals surface area contributed by atoms with Crippen LogP contribution in [-0.2, 0) is 7.05 Å². The van der Waals surface area contributed by atoms with Crippen LogP contribution < -0.4 is 5.32 Å². The fourth-order valence-electron chi connectivity index (χ4n) is 1.80. The summed E-state index contributed by atoms with van der Waals surface area (Å²) < 4.78 is 1.74. The van der Waals surface area contributed by atoms with Gasteiger partial charge in [0.1, 0.15) is 17.0 Å². The lowest BCUT2D eigenvalue weighted by atomic mass is 10.2. The van der Waals surface area contributed by atoms with Crippen LogP contribution in [0.25, 0.3) is 0 Å². The molecule has 0 radical (unpaired) electrons. The van der Waals surface area contributed by atoms with Crippen molar-refractivity contribution in [1.82, 2.24) is 14.8 Å². The summed E-state index contributed by atoms with van der Waals surface area (Å²) in [6.07, 6.45) is 1.57. The Kier molecular flexibility index (Phi) is 3.66. The van der Waals surface area contributed by atoms with Crippen LogP contribution in [0.15, 0.2) is 24.5 Å². The quantitative estimate of drug-likeness (QED) is 0.687. The lowest BCUT2D eigenvalue weighted by molar-refractivity contribution is -0.383. The van der Waals surface area contributed by atoms with Gasteiger partial charge in [-0.3, -0.25) is 10.1 Å². The number of para-hydroxylation sites is 1. The van der Waals surface area contributed by atoms with Gasteiger partial charge in [0.15, 0.2) is 5.82 Å². The van der Waals surface area contributed by atoms with Gasteiger partial charge >= 0.3 is 5.69 Å². The third kappa shape index (κ3) is 2.65. The topological polar surface area (TPSA) is 85.9 Å². The molecule has 1 aromatic carbocycles. The molecule has 1 unspecified atom stereocenters. The molecule has 0 amide bonds. The summed E-state index contributed by atoms with van der Waals surface area (Å²) in [7, 11) is 1.81. The van der Waals surface area contributed by atoms with Crippen molar-refractivity contribution in [3.63, 3.8) is 0 Å². The van der Waals surface area contributed by atoms with E-state index in [-0.39, 0.29) is 16.8 Å². The molecule has 1 aromatic heterocycles. The average Bonchev–Trinajstić information content (AvgIpc) is 2.75. The summed E-state index contributed by atoms with van der Waals surface area (Å²) in [5.41, 5.74) is 0.214. The molecular formula is C11H12ClN5O2. The number of nitro groups is 1. The second-order valence-electron chi connectivity index (χ2n) is 4.06. The molecule has 0 saturated heterocycles. The molecule has 7 nitrogen and oxygen atoms in total. The predicted molar refractivity (Wildman–Crippen MR) is 71.1 cm³/mol. The molecule has 1 heterocycles. The van der Waals surface area contributed by atoms with Gasteiger partial charge in [0.2, 0.25) is 0 Å². The number of nitrogens with one attached hydrogen (secondary N) is 1. The molecule has 1 N–H and O–H groups in total. The Balaban J connectivity index is 2.32. The Morgan fingerprint density at radius 2 is 2.26 bits per heavy atom. The minimum Gasteiger partial charge on any atom is -0.370 e. The Morgan fingerprint density at radius 1 is 1.53 bits per heavy atom. The fourth-order valence-corrected chi connectivity index (χ4v) is 2.04. The number of nitrogens with zero attached hydrogens (tertiary/aromatic N) is 4. The maximum atomic E-state index is 11.0. The minimum absolute atomic E-state index is 0.0974. The molecule has 0 aliphatic heterocycles. The summed E-state index contributed by atoms with van der Waals surface area (Å²) in [4.78, 5) is 10.5. The van der Waals surface area contributed by atoms with Gasteiger partial charge in [-0.15, -0.1) is 10.2 Å². The molecule has 2 rings (SSSR count). The highest BCUT2D eigenvalue weighted by molar-refractivity contribution is 6.33. The van der Waals surface area contributed by atoms with E-state index in [2.05, 4.69) is 15.5 Å². The Bertz CT molecular complexity index is 613. The first kappa shape index (κ1) is 13.3. The van der Waals surface area contributed by atoms with Gasteiger partial charge < -0.3 is 9.88 Å². The van der Waals surface area contributed by atoms with Gasteiger partial charge in [-0.2, -0.15) is 0 Å². The predicted octanol–water partition coefficient (Wildman–Crippen LogP) is 2.55. The van der Waals surface area contributed by atoms with Crippen molar-refractivity contribution in [2.24, 2.45) is 7.05 Å². The lowest BCUT2D eigenvalue weighted by Gasteiger charge is -2.14. The van der Waals surface area contributed by atoms with E-state index >= 15 is 0 Å². The molecule has 8 heteroatoms. The summed E-state index contributed by atoms with van der Waals surface area (Å²) in [6, 6.07) is 4.51. The zero-order valence-electron chi connectivity index (χ0n) is 10.4. The van der Waals surface area contributed by atoms with Crippen LogP contribution in [-0.4, -0.2) is 19.7 Å². The van der Waals surface area contributed by atoms with E-state index in [4.69, 9.17) is 11.6 Å². The van der Waals surface area contributed by atoms with Crippen LogP contribution in [0.5, 0.6) is 0 Å². The molecule has 0 saturated carbocycles. The van der Waals surface area contributed by atoms with Crippen molar-refractivity contribution in [3.8, 4) is 0 Å². The first-order chi connectivity index (χ1) is 9.00. The van der Waals surface area contributed by atoms with Crippen molar-refractivity contribution in [3.05, 3.63) is 45.5 Å². The van der Waals surface area contributed by atoms with Crippen molar-refractivity contribution >= 4 is 23.0 Å². The van der Waals surface area contributed by atoms with E-state index in [1.54, 1.807) is 30.1 Å². The van der Waals surface area contributed by atoms with Crippen LogP contribution in [0, 0.1) is 10.1 Å². The van der Waals surface area contributed by atoms with Crippen LogP contribution in [0.2, 0.25) is 5.02 Å². The number of hydrogen-bond acceptors (Lipinski definition) is 5. The molecule has 19 heavy (non-hydrogen) atoms. The normalized spacial score (nSPS) is 12.2. The fraction of sp³-hybridized carbons (Fsp3) is 0.273. The van der Waals surface area contributed by atoms with Gasteiger partial charge in [0.25, 0.3) is 0 Å². The van der Waals surface area contributed by atoms with E-state index in [0.717, 1.165) is 0 Å². The van der Waals surface area contributed by atoms with E-state index in [9.17, 15) is 10.1 Å². The van der Waals surface area contributed by atoms with Gasteiger partial charge in [0.05, 0.1) is 11.0 Å². The van der Waals surface area contributed by atoms with Crippen LogP contribution in [0.4, 0.5) is 11.4 Å². The largest absolute Gasteiger partial charge is 0.370 e. The van der Waals surface area contributed by atoms with E-state index in [1.165, 1.54) is 6.07 Å². The SMILES string of the molecule is CC(Nc1cccc(Cl)c1[N+](=O)[O-])c1nncn1C. The van der Waals surface area contributed by atoms with Crippen LogP contribution in [0.1, 0.15) is 18.8 Å². The standard InChI is InChI=1S/C11H12ClN5O2/c1-7(11-15-13-6-16(11)2)14-9-5-3-4-8(12)10(9)17(18)19/h3-7,14H,1-2H3. The van der Waals surface area contributed by atoms with Gasteiger partial charge in [-0.25, -0.2) is 0 Å². The molecule has 2 aromatic rings. The third-order valence-electron chi connectivity index (χ3n) is 2.68. The van der Waals surface area contributed by atoms with Crippen LogP contribution >= 0.6 is 11.6 Å². The first-order valence-corrected chi connectivity index (χ1v) is 5.92. The van der Waals surface area contributed by atoms with Gasteiger partial charge in [-0.05, 0) is 19.1 Å². The van der Waals surface area contributed by atoms with Crippen molar-refractivity contribution in [2.75, 3.05) is 5.32 Å². The summed E-state index contributed by atoms with van der Waals surface area (Å²) in [5, 5.41) is 21.9. The molecule has 100 valence electrons. The second kappa shape index (κ2) is 5.23. The second-order valence-corrected chi connectivity index (χ2v) is 4.47. The molecule has 1 atom stereocenters. The summed E-state index contributed by atoms with van der Waals surface area (Å²) in [5.74, 6) is 0.675. The van der Waals surface area contributed by atoms with Gasteiger partial charge in [-0.1, -0.05) is 17.7 Å². The maximum Gasteiger partial charge on any atom is 0.310 e. The van der Waals surface area contributed by atoms with E-state index in [1.807, 2.05) is 6.92 Å². The number of rotatable bonds is 4.